The summed E-state index contributed by atoms with van der Waals surface area (Å²) in [5, 5.41) is 3.60. The van der Waals surface area contributed by atoms with Crippen LogP contribution in [-0.4, -0.2) is 24.6 Å². The van der Waals surface area contributed by atoms with Crippen molar-refractivity contribution in [1.29, 1.82) is 0 Å². The highest BCUT2D eigenvalue weighted by Crippen LogP contribution is 2.30. The Hall–Kier alpha value is 0.310. The lowest BCUT2D eigenvalue weighted by Crippen LogP contribution is -2.25. The molecule has 1 aliphatic carbocycles. The first-order valence-corrected chi connectivity index (χ1v) is 7.28. The highest BCUT2D eigenvalue weighted by Gasteiger charge is 2.22. The third-order valence-corrected chi connectivity index (χ3v) is 4.28. The van der Waals surface area contributed by atoms with Crippen LogP contribution in [0.3, 0.4) is 0 Å². The quantitative estimate of drug-likeness (QED) is 0.655. The molecule has 84 valence electrons. The van der Waals surface area contributed by atoms with Gasteiger partial charge in [-0.15, -0.1) is 0 Å². The molecule has 0 aromatic heterocycles. The van der Waals surface area contributed by atoms with E-state index in [-0.39, 0.29) is 0 Å². The highest BCUT2D eigenvalue weighted by atomic mass is 32.2. The number of hydrogen-bond donors (Lipinski definition) is 1. The summed E-state index contributed by atoms with van der Waals surface area (Å²) in [5.74, 6) is 4.52. The monoisotopic (exact) mass is 215 g/mol. The average Bonchev–Trinajstić information content (AvgIpc) is 2.58. The molecule has 1 rings (SSSR count). The Morgan fingerprint density at radius 2 is 2.21 bits per heavy atom. The van der Waals surface area contributed by atoms with Crippen molar-refractivity contribution in [2.45, 2.75) is 39.5 Å². The normalized spacial score (nSPS) is 27.0. The minimum atomic E-state index is 0.965. The van der Waals surface area contributed by atoms with Crippen molar-refractivity contribution in [3.8, 4) is 0 Å². The second kappa shape index (κ2) is 7.58. The number of thioether (sulfide) groups is 1. The van der Waals surface area contributed by atoms with Crippen molar-refractivity contribution in [2.24, 2.45) is 11.8 Å². The SMILES string of the molecule is CCSCCCNCC1CCCC1C. The second-order valence-electron chi connectivity index (χ2n) is 4.42. The molecule has 0 amide bonds. The van der Waals surface area contributed by atoms with Crippen molar-refractivity contribution in [3.63, 3.8) is 0 Å². The maximum absolute atomic E-state index is 3.60. The van der Waals surface area contributed by atoms with E-state index in [1.165, 1.54) is 50.3 Å². The molecule has 1 aliphatic rings. The van der Waals surface area contributed by atoms with E-state index in [0.29, 0.717) is 0 Å². The van der Waals surface area contributed by atoms with Gasteiger partial charge in [0.25, 0.3) is 0 Å². The van der Waals surface area contributed by atoms with Gasteiger partial charge in [-0.25, -0.2) is 0 Å². The van der Waals surface area contributed by atoms with Crippen molar-refractivity contribution in [3.05, 3.63) is 0 Å². The summed E-state index contributed by atoms with van der Waals surface area (Å²) in [6.45, 7) is 7.12. The first-order valence-electron chi connectivity index (χ1n) is 6.13. The summed E-state index contributed by atoms with van der Waals surface area (Å²) in [4.78, 5) is 0. The summed E-state index contributed by atoms with van der Waals surface area (Å²) in [5.41, 5.74) is 0. The van der Waals surface area contributed by atoms with Crippen LogP contribution in [0.15, 0.2) is 0 Å². The summed E-state index contributed by atoms with van der Waals surface area (Å²) in [6.07, 6.45) is 5.70. The van der Waals surface area contributed by atoms with E-state index >= 15 is 0 Å². The fourth-order valence-corrected chi connectivity index (χ4v) is 2.89. The van der Waals surface area contributed by atoms with Crippen LogP contribution in [0.4, 0.5) is 0 Å². The first-order chi connectivity index (χ1) is 6.84. The van der Waals surface area contributed by atoms with Gasteiger partial charge in [0.15, 0.2) is 0 Å². The largest absolute Gasteiger partial charge is 0.316 e. The molecule has 0 aliphatic heterocycles. The summed E-state index contributed by atoms with van der Waals surface area (Å²) < 4.78 is 0. The first kappa shape index (κ1) is 12.4. The summed E-state index contributed by atoms with van der Waals surface area (Å²) >= 11 is 2.05. The van der Waals surface area contributed by atoms with Crippen LogP contribution in [0.1, 0.15) is 39.5 Å². The molecule has 2 atom stereocenters. The Morgan fingerprint density at radius 3 is 2.86 bits per heavy atom. The molecule has 1 nitrogen and oxygen atoms in total. The third-order valence-electron chi connectivity index (χ3n) is 3.29. The molecule has 1 saturated carbocycles. The van der Waals surface area contributed by atoms with Gasteiger partial charge in [0.05, 0.1) is 0 Å². The lowest BCUT2D eigenvalue weighted by Gasteiger charge is -2.15. The van der Waals surface area contributed by atoms with Crippen molar-refractivity contribution >= 4 is 11.8 Å². The molecule has 1 N–H and O–H groups in total. The Kier molecular flexibility index (Phi) is 6.70. The van der Waals surface area contributed by atoms with E-state index in [1.807, 2.05) is 0 Å². The smallest absolute Gasteiger partial charge is 0.00180 e. The molecule has 0 aromatic rings. The maximum atomic E-state index is 3.60. The lowest BCUT2D eigenvalue weighted by atomic mass is 9.98. The van der Waals surface area contributed by atoms with Crippen molar-refractivity contribution in [2.75, 3.05) is 24.6 Å². The van der Waals surface area contributed by atoms with E-state index in [1.54, 1.807) is 0 Å². The molecule has 0 radical (unpaired) electrons. The fourth-order valence-electron chi connectivity index (χ4n) is 2.26. The second-order valence-corrected chi connectivity index (χ2v) is 5.82. The highest BCUT2D eigenvalue weighted by molar-refractivity contribution is 7.99. The molecule has 1 fully saturated rings. The molecule has 0 aromatic carbocycles. The molecule has 0 spiro atoms. The van der Waals surface area contributed by atoms with E-state index in [9.17, 15) is 0 Å². The molecule has 2 unspecified atom stereocenters. The minimum Gasteiger partial charge on any atom is -0.316 e. The Labute approximate surface area is 93.4 Å². The van der Waals surface area contributed by atoms with Gasteiger partial charge in [-0.2, -0.15) is 11.8 Å². The van der Waals surface area contributed by atoms with E-state index < -0.39 is 0 Å². The van der Waals surface area contributed by atoms with Gasteiger partial charge in [-0.3, -0.25) is 0 Å². The van der Waals surface area contributed by atoms with E-state index in [4.69, 9.17) is 0 Å². The third kappa shape index (κ3) is 4.70. The molecule has 2 heteroatoms. The zero-order chi connectivity index (χ0) is 10.2. The number of hydrogen-bond acceptors (Lipinski definition) is 2. The maximum Gasteiger partial charge on any atom is -0.00180 e. The predicted octanol–water partition coefficient (Wildman–Crippen LogP) is 3.16. The van der Waals surface area contributed by atoms with Gasteiger partial charge < -0.3 is 5.32 Å². The van der Waals surface area contributed by atoms with Gasteiger partial charge >= 0.3 is 0 Å². The van der Waals surface area contributed by atoms with Gasteiger partial charge in [-0.05, 0) is 49.3 Å². The molecule has 0 bridgehead atoms. The molecular formula is C12H25NS. The number of nitrogens with one attached hydrogen (secondary N) is 1. The topological polar surface area (TPSA) is 12.0 Å². The standard InChI is InChI=1S/C12H25NS/c1-3-14-9-5-8-13-10-12-7-4-6-11(12)2/h11-13H,3-10H2,1-2H3. The Morgan fingerprint density at radius 1 is 1.36 bits per heavy atom. The van der Waals surface area contributed by atoms with Crippen LogP contribution in [0.5, 0.6) is 0 Å². The van der Waals surface area contributed by atoms with Gasteiger partial charge in [0, 0.05) is 0 Å². The van der Waals surface area contributed by atoms with Crippen LogP contribution in [0.25, 0.3) is 0 Å². The zero-order valence-corrected chi connectivity index (χ0v) is 10.5. The lowest BCUT2D eigenvalue weighted by molar-refractivity contribution is 0.393. The van der Waals surface area contributed by atoms with Crippen LogP contribution in [0.2, 0.25) is 0 Å². The zero-order valence-electron chi connectivity index (χ0n) is 9.72. The predicted molar refractivity (Wildman–Crippen MR) is 67.0 cm³/mol. The summed E-state index contributed by atoms with van der Waals surface area (Å²) in [7, 11) is 0. The Balaban J connectivity index is 1.88. The number of rotatable bonds is 7. The minimum absolute atomic E-state index is 0.965. The van der Waals surface area contributed by atoms with Crippen LogP contribution < -0.4 is 5.32 Å². The molecule has 0 saturated heterocycles. The van der Waals surface area contributed by atoms with Crippen LogP contribution >= 0.6 is 11.8 Å². The van der Waals surface area contributed by atoms with Gasteiger partial charge in [-0.1, -0.05) is 26.7 Å². The fraction of sp³-hybridized carbons (Fsp3) is 1.00. The van der Waals surface area contributed by atoms with Crippen molar-refractivity contribution in [1.82, 2.24) is 5.32 Å². The molecule has 14 heavy (non-hydrogen) atoms. The summed E-state index contributed by atoms with van der Waals surface area (Å²) in [6, 6.07) is 0. The average molecular weight is 215 g/mol. The van der Waals surface area contributed by atoms with Crippen LogP contribution in [-0.2, 0) is 0 Å². The molecule has 0 heterocycles. The van der Waals surface area contributed by atoms with E-state index in [2.05, 4.69) is 30.9 Å². The van der Waals surface area contributed by atoms with Gasteiger partial charge in [0.1, 0.15) is 0 Å². The van der Waals surface area contributed by atoms with E-state index in [0.717, 1.165) is 11.8 Å². The van der Waals surface area contributed by atoms with Gasteiger partial charge in [0.2, 0.25) is 0 Å². The van der Waals surface area contributed by atoms with Crippen molar-refractivity contribution < 1.29 is 0 Å². The molecular weight excluding hydrogens is 190 g/mol. The van der Waals surface area contributed by atoms with Crippen LogP contribution in [0, 0.1) is 11.8 Å². The Bertz CT molecular complexity index is 138.